The lowest BCUT2D eigenvalue weighted by molar-refractivity contribution is 0.0956. The fourth-order valence-electron chi connectivity index (χ4n) is 3.90. The van der Waals surface area contributed by atoms with Gasteiger partial charge in [0.2, 0.25) is 0 Å². The molecule has 4 rings (SSSR count). The number of aryl methyl sites for hydroxylation is 1. The molecule has 0 fully saturated rings. The van der Waals surface area contributed by atoms with Gasteiger partial charge in [-0.15, -0.1) is 0 Å². The van der Waals surface area contributed by atoms with E-state index in [1.165, 1.54) is 9.87 Å². The summed E-state index contributed by atoms with van der Waals surface area (Å²) in [5.41, 5.74) is 3.83. The third-order valence-electron chi connectivity index (χ3n) is 5.96. The van der Waals surface area contributed by atoms with E-state index in [9.17, 15) is 13.2 Å². The Morgan fingerprint density at radius 1 is 0.868 bits per heavy atom. The predicted molar refractivity (Wildman–Crippen MR) is 157 cm³/mol. The number of hydrogen-bond donors (Lipinski definition) is 1. The second-order valence-electron chi connectivity index (χ2n) is 8.75. The van der Waals surface area contributed by atoms with E-state index in [0.717, 1.165) is 22.6 Å². The summed E-state index contributed by atoms with van der Waals surface area (Å²) in [6.07, 6.45) is 0. The van der Waals surface area contributed by atoms with Gasteiger partial charge in [-0.1, -0.05) is 78.3 Å². The Hall–Kier alpha value is -3.26. The molecule has 0 saturated heterocycles. The van der Waals surface area contributed by atoms with Crippen LogP contribution in [0.2, 0.25) is 5.02 Å². The molecule has 1 N–H and O–H groups in total. The van der Waals surface area contributed by atoms with Crippen molar-refractivity contribution in [1.82, 2.24) is 5.32 Å². The maximum absolute atomic E-state index is 13.7. The van der Waals surface area contributed by atoms with Crippen LogP contribution in [0.1, 0.15) is 27.0 Å². The lowest BCUT2D eigenvalue weighted by atomic mass is 10.1. The molecule has 8 heteroatoms. The Bertz CT molecular complexity index is 1460. The van der Waals surface area contributed by atoms with Gasteiger partial charge in [-0.3, -0.25) is 9.10 Å². The lowest BCUT2D eigenvalue weighted by Crippen LogP contribution is -2.31. The van der Waals surface area contributed by atoms with Gasteiger partial charge >= 0.3 is 0 Å². The first kappa shape index (κ1) is 27.8. The maximum Gasteiger partial charge on any atom is 0.264 e. The minimum Gasteiger partial charge on any atom is -0.351 e. The monoisotopic (exact) mass is 564 g/mol. The molecule has 0 unspecified atom stereocenters. The first-order chi connectivity index (χ1) is 18.3. The number of benzene rings is 4. The van der Waals surface area contributed by atoms with Crippen molar-refractivity contribution in [3.05, 3.63) is 130 Å². The molecule has 0 heterocycles. The van der Waals surface area contributed by atoms with Crippen LogP contribution in [-0.2, 0) is 22.3 Å². The molecule has 5 nitrogen and oxygen atoms in total. The van der Waals surface area contributed by atoms with E-state index < -0.39 is 10.0 Å². The number of thioether (sulfide) groups is 1. The van der Waals surface area contributed by atoms with Crippen molar-refractivity contribution in [2.24, 2.45) is 0 Å². The van der Waals surface area contributed by atoms with Crippen LogP contribution in [0.25, 0.3) is 0 Å². The van der Waals surface area contributed by atoms with Crippen LogP contribution in [0.15, 0.2) is 108 Å². The minimum absolute atomic E-state index is 0.0937. The maximum atomic E-state index is 13.7. The average Bonchev–Trinajstić information content (AvgIpc) is 2.94. The first-order valence-corrected chi connectivity index (χ1v) is 15.1. The highest BCUT2D eigenvalue weighted by Crippen LogP contribution is 2.31. The topological polar surface area (TPSA) is 66.5 Å². The van der Waals surface area contributed by atoms with Gasteiger partial charge in [0.05, 0.1) is 17.1 Å². The Kier molecular flexibility index (Phi) is 9.50. The molecule has 0 bridgehead atoms. The van der Waals surface area contributed by atoms with Gasteiger partial charge in [-0.25, -0.2) is 8.42 Å². The van der Waals surface area contributed by atoms with E-state index in [0.29, 0.717) is 22.8 Å². The van der Waals surface area contributed by atoms with Gasteiger partial charge in [-0.05, 0) is 60.0 Å². The number of nitrogens with one attached hydrogen (secondary N) is 1. The summed E-state index contributed by atoms with van der Waals surface area (Å²) in [6.45, 7) is 2.51. The highest BCUT2D eigenvalue weighted by Gasteiger charge is 2.26. The molecular formula is C30H29ClN2O3S2. The zero-order valence-corrected chi connectivity index (χ0v) is 23.4. The normalized spacial score (nSPS) is 11.2. The van der Waals surface area contributed by atoms with Crippen LogP contribution >= 0.6 is 23.4 Å². The molecule has 4 aromatic rings. The van der Waals surface area contributed by atoms with Crippen LogP contribution in [-0.4, -0.2) is 26.6 Å². The van der Waals surface area contributed by atoms with E-state index in [1.54, 1.807) is 84.6 Å². The van der Waals surface area contributed by atoms with E-state index >= 15 is 0 Å². The average molecular weight is 565 g/mol. The number of carbonyl (C=O) groups is 1. The van der Waals surface area contributed by atoms with Gasteiger partial charge in [0.1, 0.15) is 0 Å². The van der Waals surface area contributed by atoms with Crippen LogP contribution in [0.5, 0.6) is 0 Å². The number of anilines is 1. The molecule has 196 valence electrons. The molecule has 1 amide bonds. The number of halogens is 1. The van der Waals surface area contributed by atoms with Gasteiger partial charge < -0.3 is 5.32 Å². The van der Waals surface area contributed by atoms with Crippen LogP contribution in [0.3, 0.4) is 0 Å². The predicted octanol–water partition coefficient (Wildman–Crippen LogP) is 6.71. The van der Waals surface area contributed by atoms with Crippen molar-refractivity contribution in [2.75, 3.05) is 16.6 Å². The summed E-state index contributed by atoms with van der Waals surface area (Å²) in [5.74, 6) is 1.56. The van der Waals surface area contributed by atoms with Crippen molar-refractivity contribution in [2.45, 2.75) is 24.1 Å². The second kappa shape index (κ2) is 13.0. The van der Waals surface area contributed by atoms with Crippen LogP contribution in [0, 0.1) is 6.92 Å². The Balaban J connectivity index is 1.44. The zero-order valence-electron chi connectivity index (χ0n) is 21.0. The van der Waals surface area contributed by atoms with Crippen molar-refractivity contribution < 1.29 is 13.2 Å². The molecule has 0 aromatic heterocycles. The standard InChI is InChI=1S/C30H29ClN2O3S2/c1-23-12-17-27(31)20-29(23)33(38(35,36)28-10-6-3-7-11-28)21-24-13-15-26(16-14-24)30(34)32-18-19-37-22-25-8-4-2-5-9-25/h2-17,20H,18-19,21-22H2,1H3,(H,32,34). The first-order valence-electron chi connectivity index (χ1n) is 12.2. The Morgan fingerprint density at radius 3 is 2.21 bits per heavy atom. The largest absolute Gasteiger partial charge is 0.351 e. The molecular weight excluding hydrogens is 536 g/mol. The summed E-state index contributed by atoms with van der Waals surface area (Å²) in [7, 11) is -3.86. The third-order valence-corrected chi connectivity index (χ3v) is 9.00. The quantitative estimate of drug-likeness (QED) is 0.206. The molecule has 0 spiro atoms. The molecule has 4 aromatic carbocycles. The van der Waals surface area contributed by atoms with Gasteiger partial charge in [-0.2, -0.15) is 11.8 Å². The highest BCUT2D eigenvalue weighted by molar-refractivity contribution is 7.98. The summed E-state index contributed by atoms with van der Waals surface area (Å²) >= 11 is 8.01. The fraction of sp³-hybridized carbons (Fsp3) is 0.167. The summed E-state index contributed by atoms with van der Waals surface area (Å²) in [4.78, 5) is 12.8. The van der Waals surface area contributed by atoms with E-state index in [1.807, 2.05) is 25.1 Å². The van der Waals surface area contributed by atoms with Crippen molar-refractivity contribution in [3.63, 3.8) is 0 Å². The third kappa shape index (κ3) is 7.19. The van der Waals surface area contributed by atoms with Gasteiger partial charge in [0.15, 0.2) is 0 Å². The van der Waals surface area contributed by atoms with Gasteiger partial charge in [0, 0.05) is 28.6 Å². The zero-order chi connectivity index (χ0) is 27.0. The summed E-state index contributed by atoms with van der Waals surface area (Å²) in [5, 5.41) is 3.40. The van der Waals surface area contributed by atoms with E-state index in [-0.39, 0.29) is 17.3 Å². The number of amides is 1. The molecule has 0 aliphatic heterocycles. The lowest BCUT2D eigenvalue weighted by Gasteiger charge is -2.26. The number of hydrogen-bond acceptors (Lipinski definition) is 4. The number of rotatable bonds is 11. The molecule has 0 radical (unpaired) electrons. The van der Waals surface area contributed by atoms with E-state index in [2.05, 4.69) is 17.4 Å². The van der Waals surface area contributed by atoms with Crippen molar-refractivity contribution in [1.29, 1.82) is 0 Å². The number of sulfonamides is 1. The van der Waals surface area contributed by atoms with E-state index in [4.69, 9.17) is 11.6 Å². The molecule has 0 aliphatic carbocycles. The van der Waals surface area contributed by atoms with Crippen molar-refractivity contribution >= 4 is 45.0 Å². The van der Waals surface area contributed by atoms with Crippen LogP contribution in [0.4, 0.5) is 5.69 Å². The van der Waals surface area contributed by atoms with Crippen LogP contribution < -0.4 is 9.62 Å². The number of carbonyl (C=O) groups excluding carboxylic acids is 1. The minimum atomic E-state index is -3.86. The van der Waals surface area contributed by atoms with Gasteiger partial charge in [0.25, 0.3) is 15.9 Å². The molecule has 0 saturated carbocycles. The van der Waals surface area contributed by atoms with Crippen molar-refractivity contribution in [3.8, 4) is 0 Å². The molecule has 0 aliphatic rings. The second-order valence-corrected chi connectivity index (χ2v) is 12.2. The Labute approximate surface area is 233 Å². The molecule has 38 heavy (non-hydrogen) atoms. The molecule has 0 atom stereocenters. The Morgan fingerprint density at radius 2 is 1.53 bits per heavy atom. The SMILES string of the molecule is Cc1ccc(Cl)cc1N(Cc1ccc(C(=O)NCCSCc2ccccc2)cc1)S(=O)(=O)c1ccccc1. The smallest absolute Gasteiger partial charge is 0.264 e. The highest BCUT2D eigenvalue weighted by atomic mass is 35.5. The number of nitrogens with zero attached hydrogens (tertiary/aromatic N) is 1. The summed E-state index contributed by atoms with van der Waals surface area (Å²) in [6, 6.07) is 30.8. The summed E-state index contributed by atoms with van der Waals surface area (Å²) < 4.78 is 28.7. The fourth-order valence-corrected chi connectivity index (χ4v) is 6.42.